The van der Waals surface area contributed by atoms with Crippen LogP contribution in [0.1, 0.15) is 46.4 Å². The minimum Gasteiger partial charge on any atom is -0.484 e. The van der Waals surface area contributed by atoms with Gasteiger partial charge < -0.3 is 20.5 Å². The van der Waals surface area contributed by atoms with Gasteiger partial charge in [-0.15, -0.1) is 0 Å². The number of halogens is 2. The van der Waals surface area contributed by atoms with Crippen LogP contribution in [-0.2, 0) is 4.79 Å². The molecule has 0 aliphatic heterocycles. The highest BCUT2D eigenvalue weighted by Crippen LogP contribution is 2.31. The van der Waals surface area contributed by atoms with Gasteiger partial charge in [-0.05, 0) is 60.7 Å². The number of hydrogen-bond donors (Lipinski definition) is 3. The minimum atomic E-state index is -1.01. The molecular formula is C27H26F2N2O5. The van der Waals surface area contributed by atoms with Crippen LogP contribution in [0.4, 0.5) is 8.78 Å². The van der Waals surface area contributed by atoms with E-state index in [9.17, 15) is 23.2 Å². The van der Waals surface area contributed by atoms with Crippen LogP contribution in [0.3, 0.4) is 0 Å². The van der Waals surface area contributed by atoms with Crippen molar-refractivity contribution in [2.75, 3.05) is 13.1 Å². The Morgan fingerprint density at radius 1 is 0.806 bits per heavy atom. The summed E-state index contributed by atoms with van der Waals surface area (Å²) >= 11 is 0. The van der Waals surface area contributed by atoms with E-state index < -0.39 is 41.3 Å². The average Bonchev–Trinajstić information content (AvgIpc) is 2.88. The van der Waals surface area contributed by atoms with E-state index in [2.05, 4.69) is 10.6 Å². The van der Waals surface area contributed by atoms with Crippen LogP contribution in [0, 0.1) is 17.6 Å². The number of carbonyl (C=O) groups excluding carboxylic acids is 2. The van der Waals surface area contributed by atoms with Crippen molar-refractivity contribution >= 4 is 28.6 Å². The van der Waals surface area contributed by atoms with Crippen molar-refractivity contribution < 1.29 is 33.0 Å². The molecule has 0 saturated heterocycles. The van der Waals surface area contributed by atoms with Crippen molar-refractivity contribution in [2.45, 2.75) is 31.8 Å². The summed E-state index contributed by atoms with van der Waals surface area (Å²) in [6, 6.07) is 14.8. The Morgan fingerprint density at radius 2 is 1.39 bits per heavy atom. The molecule has 2 amide bonds. The first-order valence-corrected chi connectivity index (χ1v) is 11.8. The number of benzene rings is 3. The van der Waals surface area contributed by atoms with Crippen LogP contribution in [-0.4, -0.2) is 42.1 Å². The topological polar surface area (TPSA) is 105 Å². The molecule has 0 bridgehead atoms. The molecule has 3 N–H and O–H groups in total. The summed E-state index contributed by atoms with van der Waals surface area (Å²) in [6.45, 7) is 0.190. The molecule has 0 spiro atoms. The van der Waals surface area contributed by atoms with Crippen LogP contribution in [0.5, 0.6) is 5.75 Å². The molecule has 1 aliphatic rings. The zero-order chi connectivity index (χ0) is 25.7. The second-order valence-electron chi connectivity index (χ2n) is 8.77. The Balaban J connectivity index is 1.27. The fraction of sp³-hybridized carbons (Fsp3) is 0.296. The van der Waals surface area contributed by atoms with E-state index in [1.807, 2.05) is 30.3 Å². The van der Waals surface area contributed by atoms with Gasteiger partial charge in [0.25, 0.3) is 11.8 Å². The highest BCUT2D eigenvalue weighted by Gasteiger charge is 2.28. The second-order valence-corrected chi connectivity index (χ2v) is 8.77. The van der Waals surface area contributed by atoms with Crippen molar-refractivity contribution in [2.24, 2.45) is 5.92 Å². The lowest BCUT2D eigenvalue weighted by molar-refractivity contribution is -0.143. The fourth-order valence-corrected chi connectivity index (χ4v) is 4.28. The quantitative estimate of drug-likeness (QED) is 0.404. The monoisotopic (exact) mass is 496 g/mol. The summed E-state index contributed by atoms with van der Waals surface area (Å²) in [4.78, 5) is 35.8. The van der Waals surface area contributed by atoms with Crippen LogP contribution in [0.15, 0.2) is 54.6 Å². The minimum absolute atomic E-state index is 0.0620. The van der Waals surface area contributed by atoms with Gasteiger partial charge in [-0.2, -0.15) is 0 Å². The molecule has 7 nitrogen and oxygen atoms in total. The third kappa shape index (κ3) is 5.97. The van der Waals surface area contributed by atoms with Gasteiger partial charge in [0.2, 0.25) is 0 Å². The number of aliphatic carboxylic acids is 1. The summed E-state index contributed by atoms with van der Waals surface area (Å²) in [6.07, 6.45) is 1.02. The molecule has 0 heterocycles. The lowest BCUT2D eigenvalue weighted by Crippen LogP contribution is -2.34. The molecule has 0 atom stereocenters. The summed E-state index contributed by atoms with van der Waals surface area (Å²) in [5.41, 5.74) is 0.268. The molecule has 0 unspecified atom stereocenters. The van der Waals surface area contributed by atoms with Crippen molar-refractivity contribution in [3.63, 3.8) is 0 Å². The SMILES string of the molecule is O=C(NCCNC(=O)c1ccc2ccccc2c1)c1cc(F)c(OC2CCC(C(=O)O)CC2)c(F)c1. The van der Waals surface area contributed by atoms with Gasteiger partial charge in [-0.1, -0.05) is 30.3 Å². The summed E-state index contributed by atoms with van der Waals surface area (Å²) < 4.78 is 34.5. The van der Waals surface area contributed by atoms with Gasteiger partial charge in [-0.25, -0.2) is 8.78 Å². The van der Waals surface area contributed by atoms with Crippen molar-refractivity contribution in [1.29, 1.82) is 0 Å². The van der Waals surface area contributed by atoms with E-state index in [4.69, 9.17) is 9.84 Å². The largest absolute Gasteiger partial charge is 0.484 e. The van der Waals surface area contributed by atoms with Gasteiger partial charge in [-0.3, -0.25) is 14.4 Å². The highest BCUT2D eigenvalue weighted by molar-refractivity contribution is 5.98. The van der Waals surface area contributed by atoms with E-state index in [1.165, 1.54) is 0 Å². The van der Waals surface area contributed by atoms with E-state index in [-0.39, 0.29) is 24.6 Å². The molecule has 9 heteroatoms. The Hall–Kier alpha value is -4.01. The third-order valence-electron chi connectivity index (χ3n) is 6.28. The van der Waals surface area contributed by atoms with E-state index >= 15 is 0 Å². The first kappa shape index (κ1) is 25.1. The van der Waals surface area contributed by atoms with E-state index in [1.54, 1.807) is 12.1 Å². The molecule has 4 rings (SSSR count). The average molecular weight is 497 g/mol. The molecule has 36 heavy (non-hydrogen) atoms. The van der Waals surface area contributed by atoms with Gasteiger partial charge in [0.15, 0.2) is 17.4 Å². The molecule has 3 aromatic rings. The van der Waals surface area contributed by atoms with E-state index in [0.29, 0.717) is 31.2 Å². The van der Waals surface area contributed by atoms with Crippen LogP contribution < -0.4 is 15.4 Å². The number of carboxylic acid groups (broad SMARTS) is 1. The Morgan fingerprint density at radius 3 is 2.00 bits per heavy atom. The first-order valence-electron chi connectivity index (χ1n) is 11.8. The standard InChI is InChI=1S/C27H26F2N2O5/c28-22-14-20(15-23(29)24(22)36-21-9-7-17(8-10-21)27(34)35)26(33)31-12-11-30-25(32)19-6-5-16-3-1-2-4-18(16)13-19/h1-6,13-15,17,21H,7-12H2,(H,30,32)(H,31,33)(H,34,35). The van der Waals surface area contributed by atoms with Crippen LogP contribution in [0.25, 0.3) is 10.8 Å². The number of carboxylic acids is 1. The fourth-order valence-electron chi connectivity index (χ4n) is 4.28. The molecule has 1 saturated carbocycles. The summed E-state index contributed by atoms with van der Waals surface area (Å²) in [5.74, 6) is -4.94. The maximum absolute atomic E-state index is 14.5. The Bertz CT molecular complexity index is 1270. The summed E-state index contributed by atoms with van der Waals surface area (Å²) in [7, 11) is 0. The molecule has 1 aliphatic carbocycles. The molecular weight excluding hydrogens is 470 g/mol. The maximum Gasteiger partial charge on any atom is 0.306 e. The number of rotatable bonds is 8. The van der Waals surface area contributed by atoms with Crippen LogP contribution in [0.2, 0.25) is 0 Å². The maximum atomic E-state index is 14.5. The summed E-state index contributed by atoms with van der Waals surface area (Å²) in [5, 5.41) is 16.2. The predicted molar refractivity (Wildman–Crippen MR) is 129 cm³/mol. The molecule has 188 valence electrons. The van der Waals surface area contributed by atoms with E-state index in [0.717, 1.165) is 22.9 Å². The molecule has 0 aromatic heterocycles. The Labute approximate surface area is 206 Å². The number of hydrogen-bond acceptors (Lipinski definition) is 4. The van der Waals surface area contributed by atoms with Crippen molar-refractivity contribution in [3.8, 4) is 5.75 Å². The normalized spacial score (nSPS) is 17.4. The third-order valence-corrected chi connectivity index (χ3v) is 6.28. The smallest absolute Gasteiger partial charge is 0.306 e. The van der Waals surface area contributed by atoms with Gasteiger partial charge in [0.05, 0.1) is 12.0 Å². The second kappa shape index (κ2) is 11.2. The van der Waals surface area contributed by atoms with Gasteiger partial charge >= 0.3 is 5.97 Å². The first-order chi connectivity index (χ1) is 17.3. The van der Waals surface area contributed by atoms with Crippen molar-refractivity contribution in [1.82, 2.24) is 10.6 Å². The molecule has 0 radical (unpaired) electrons. The number of carbonyl (C=O) groups is 3. The zero-order valence-electron chi connectivity index (χ0n) is 19.4. The zero-order valence-corrected chi connectivity index (χ0v) is 19.4. The number of nitrogens with one attached hydrogen (secondary N) is 2. The number of amides is 2. The number of fused-ring (bicyclic) bond motifs is 1. The van der Waals surface area contributed by atoms with Gasteiger partial charge in [0.1, 0.15) is 0 Å². The molecule has 1 fully saturated rings. The predicted octanol–water partition coefficient (Wildman–Crippen LogP) is 4.30. The lowest BCUT2D eigenvalue weighted by Gasteiger charge is -2.27. The van der Waals surface area contributed by atoms with Crippen LogP contribution >= 0.6 is 0 Å². The lowest BCUT2D eigenvalue weighted by atomic mass is 9.87. The van der Waals surface area contributed by atoms with Crippen molar-refractivity contribution in [3.05, 3.63) is 77.4 Å². The number of ether oxygens (including phenoxy) is 1. The molecule has 3 aromatic carbocycles. The highest BCUT2D eigenvalue weighted by atomic mass is 19.1. The Kier molecular flexibility index (Phi) is 7.77. The van der Waals surface area contributed by atoms with Gasteiger partial charge in [0, 0.05) is 24.2 Å².